The van der Waals surface area contributed by atoms with Gasteiger partial charge in [-0.15, -0.1) is 0 Å². The van der Waals surface area contributed by atoms with Gasteiger partial charge in [0.05, 0.1) is 10.7 Å². The van der Waals surface area contributed by atoms with Crippen molar-refractivity contribution >= 4 is 35.0 Å². The number of hydrogen-bond donors (Lipinski definition) is 1. The fourth-order valence-electron chi connectivity index (χ4n) is 1.53. The summed E-state index contributed by atoms with van der Waals surface area (Å²) in [5, 5.41) is 10.3. The highest BCUT2D eigenvalue weighted by atomic mass is 35.5. The van der Waals surface area contributed by atoms with Crippen LogP contribution >= 0.6 is 35.0 Å². The van der Waals surface area contributed by atoms with E-state index in [0.717, 1.165) is 0 Å². The lowest BCUT2D eigenvalue weighted by atomic mass is 10.1. The van der Waals surface area contributed by atoms with Gasteiger partial charge in [0.15, 0.2) is 5.16 Å². The summed E-state index contributed by atoms with van der Waals surface area (Å²) in [6, 6.07) is 6.66. The summed E-state index contributed by atoms with van der Waals surface area (Å²) in [5.41, 5.74) is 0.214. The summed E-state index contributed by atoms with van der Waals surface area (Å²) in [5.74, 6) is 0. The predicted molar refractivity (Wildman–Crippen MR) is 76.8 cm³/mol. The van der Waals surface area contributed by atoms with Crippen molar-refractivity contribution in [1.29, 1.82) is 5.26 Å². The topological polar surface area (TPSA) is 69.5 Å². The number of H-pyrrole nitrogens is 1. The van der Waals surface area contributed by atoms with Gasteiger partial charge < -0.3 is 4.98 Å². The molecule has 0 atom stereocenters. The lowest BCUT2D eigenvalue weighted by Crippen LogP contribution is -2.14. The third-order valence-corrected chi connectivity index (χ3v) is 3.52. The standard InChI is InChI=1S/C12H7Cl2N3OS/c1-19-12-16-10(8(5-15)11(18)17-12)7-3-2-6(13)4-9(7)14/h2-4H,1H3,(H,16,17,18). The first-order valence-electron chi connectivity index (χ1n) is 5.10. The molecule has 1 aromatic carbocycles. The highest BCUT2D eigenvalue weighted by Gasteiger charge is 2.15. The molecule has 0 radical (unpaired) electrons. The monoisotopic (exact) mass is 311 g/mol. The first kappa shape index (κ1) is 13.9. The van der Waals surface area contributed by atoms with E-state index >= 15 is 0 Å². The molecule has 4 nitrogen and oxygen atoms in total. The SMILES string of the molecule is CSc1nc(-c2ccc(Cl)cc2Cl)c(C#N)c(=O)[nH]1. The zero-order chi connectivity index (χ0) is 14.0. The van der Waals surface area contributed by atoms with Gasteiger partial charge in [-0.3, -0.25) is 4.79 Å². The third-order valence-electron chi connectivity index (χ3n) is 2.39. The van der Waals surface area contributed by atoms with Crippen LogP contribution in [-0.4, -0.2) is 16.2 Å². The van der Waals surface area contributed by atoms with Crippen LogP contribution in [0, 0.1) is 11.3 Å². The Hall–Kier alpha value is -1.48. The van der Waals surface area contributed by atoms with Crippen molar-refractivity contribution in [3.05, 3.63) is 44.2 Å². The second-order valence-electron chi connectivity index (χ2n) is 3.53. The Morgan fingerprint density at radius 3 is 2.74 bits per heavy atom. The molecule has 0 spiro atoms. The Bertz CT molecular complexity index is 737. The third kappa shape index (κ3) is 2.76. The maximum atomic E-state index is 11.8. The molecule has 0 saturated carbocycles. The number of benzene rings is 1. The van der Waals surface area contributed by atoms with Gasteiger partial charge in [-0.25, -0.2) is 4.98 Å². The Morgan fingerprint density at radius 1 is 1.42 bits per heavy atom. The van der Waals surface area contributed by atoms with E-state index in [-0.39, 0.29) is 11.3 Å². The minimum absolute atomic E-state index is 0.0676. The van der Waals surface area contributed by atoms with Crippen molar-refractivity contribution in [1.82, 2.24) is 9.97 Å². The number of aromatic amines is 1. The summed E-state index contributed by atoms with van der Waals surface area (Å²) in [4.78, 5) is 18.6. The molecule has 0 unspecified atom stereocenters. The van der Waals surface area contributed by atoms with E-state index in [4.69, 9.17) is 28.5 Å². The number of thioether (sulfide) groups is 1. The highest BCUT2D eigenvalue weighted by Crippen LogP contribution is 2.30. The smallest absolute Gasteiger partial charge is 0.270 e. The van der Waals surface area contributed by atoms with Gasteiger partial charge in [0.25, 0.3) is 5.56 Å². The fraction of sp³-hybridized carbons (Fsp3) is 0.0833. The average Bonchev–Trinajstić information content (AvgIpc) is 2.37. The Balaban J connectivity index is 2.77. The number of nitriles is 1. The summed E-state index contributed by atoms with van der Waals surface area (Å²) < 4.78 is 0. The van der Waals surface area contributed by atoms with E-state index in [1.54, 1.807) is 24.5 Å². The molecular formula is C12H7Cl2N3OS. The molecule has 0 fully saturated rings. The summed E-state index contributed by atoms with van der Waals surface area (Å²) in [6.07, 6.45) is 1.78. The van der Waals surface area contributed by atoms with Gasteiger partial charge in [0.2, 0.25) is 0 Å². The van der Waals surface area contributed by atoms with E-state index in [0.29, 0.717) is 20.8 Å². The zero-order valence-electron chi connectivity index (χ0n) is 9.70. The lowest BCUT2D eigenvalue weighted by Gasteiger charge is -2.07. The molecule has 0 saturated heterocycles. The molecule has 0 aliphatic heterocycles. The first-order chi connectivity index (χ1) is 9.06. The second kappa shape index (κ2) is 5.66. The number of nitrogens with zero attached hydrogens (tertiary/aromatic N) is 2. The highest BCUT2D eigenvalue weighted by molar-refractivity contribution is 7.98. The van der Waals surface area contributed by atoms with E-state index < -0.39 is 5.56 Å². The second-order valence-corrected chi connectivity index (χ2v) is 5.17. The van der Waals surface area contributed by atoms with Gasteiger partial charge in [-0.2, -0.15) is 5.26 Å². The Morgan fingerprint density at radius 2 is 2.16 bits per heavy atom. The largest absolute Gasteiger partial charge is 0.300 e. The first-order valence-corrected chi connectivity index (χ1v) is 7.08. The molecule has 96 valence electrons. The lowest BCUT2D eigenvalue weighted by molar-refractivity contribution is 0.938. The zero-order valence-corrected chi connectivity index (χ0v) is 12.0. The van der Waals surface area contributed by atoms with Crippen molar-refractivity contribution in [3.63, 3.8) is 0 Å². The van der Waals surface area contributed by atoms with Crippen molar-refractivity contribution in [2.45, 2.75) is 5.16 Å². The molecule has 0 bridgehead atoms. The summed E-state index contributed by atoms with van der Waals surface area (Å²) >= 11 is 13.2. The number of nitrogens with one attached hydrogen (secondary N) is 1. The normalized spacial score (nSPS) is 10.2. The number of halogens is 2. The molecular weight excluding hydrogens is 305 g/mol. The van der Waals surface area contributed by atoms with Crippen LogP contribution < -0.4 is 5.56 Å². The molecule has 0 aliphatic carbocycles. The van der Waals surface area contributed by atoms with Crippen molar-refractivity contribution in [2.24, 2.45) is 0 Å². The van der Waals surface area contributed by atoms with Gasteiger partial charge in [0, 0.05) is 10.6 Å². The molecule has 1 aromatic heterocycles. The van der Waals surface area contributed by atoms with E-state index in [9.17, 15) is 4.79 Å². The van der Waals surface area contributed by atoms with E-state index in [1.165, 1.54) is 11.8 Å². The van der Waals surface area contributed by atoms with Gasteiger partial charge in [-0.1, -0.05) is 35.0 Å². The predicted octanol–water partition coefficient (Wildman–Crippen LogP) is 3.34. The Labute approximate surface area is 123 Å². The maximum Gasteiger partial charge on any atom is 0.270 e. The van der Waals surface area contributed by atoms with Crippen molar-refractivity contribution < 1.29 is 0 Å². The van der Waals surface area contributed by atoms with Crippen molar-refractivity contribution in [2.75, 3.05) is 6.26 Å². The minimum Gasteiger partial charge on any atom is -0.300 e. The molecule has 2 aromatic rings. The molecule has 2 rings (SSSR count). The van der Waals surface area contributed by atoms with Crippen LogP contribution in [0.15, 0.2) is 28.2 Å². The molecule has 1 heterocycles. The number of aromatic nitrogens is 2. The van der Waals surface area contributed by atoms with Crippen molar-refractivity contribution in [3.8, 4) is 17.3 Å². The van der Waals surface area contributed by atoms with E-state index in [1.807, 2.05) is 6.07 Å². The maximum absolute atomic E-state index is 11.8. The minimum atomic E-state index is -0.483. The van der Waals surface area contributed by atoms with Crippen LogP contribution in [0.3, 0.4) is 0 Å². The van der Waals surface area contributed by atoms with Crippen LogP contribution in [0.4, 0.5) is 0 Å². The van der Waals surface area contributed by atoms with Crippen LogP contribution in [0.2, 0.25) is 10.0 Å². The van der Waals surface area contributed by atoms with Gasteiger partial charge in [-0.05, 0) is 24.5 Å². The fourth-order valence-corrected chi connectivity index (χ4v) is 2.40. The molecule has 0 aliphatic rings. The van der Waals surface area contributed by atoms with Crippen LogP contribution in [-0.2, 0) is 0 Å². The number of hydrogen-bond acceptors (Lipinski definition) is 4. The molecule has 0 amide bonds. The van der Waals surface area contributed by atoms with Gasteiger partial charge >= 0.3 is 0 Å². The van der Waals surface area contributed by atoms with Crippen LogP contribution in [0.5, 0.6) is 0 Å². The van der Waals surface area contributed by atoms with Crippen LogP contribution in [0.1, 0.15) is 5.56 Å². The molecule has 1 N–H and O–H groups in total. The van der Waals surface area contributed by atoms with E-state index in [2.05, 4.69) is 9.97 Å². The average molecular weight is 312 g/mol. The molecule has 19 heavy (non-hydrogen) atoms. The summed E-state index contributed by atoms with van der Waals surface area (Å²) in [6.45, 7) is 0. The Kier molecular flexibility index (Phi) is 4.15. The van der Waals surface area contributed by atoms with Crippen LogP contribution in [0.25, 0.3) is 11.3 Å². The number of rotatable bonds is 2. The quantitative estimate of drug-likeness (QED) is 0.682. The van der Waals surface area contributed by atoms with Gasteiger partial charge in [0.1, 0.15) is 11.6 Å². The molecule has 7 heteroatoms. The summed E-state index contributed by atoms with van der Waals surface area (Å²) in [7, 11) is 0.